The molecule has 0 aromatic rings. The summed E-state index contributed by atoms with van der Waals surface area (Å²) in [6, 6.07) is 0. The van der Waals surface area contributed by atoms with E-state index in [1.54, 1.807) is 30.4 Å². The van der Waals surface area contributed by atoms with Gasteiger partial charge in [-0.2, -0.15) is 11.8 Å². The van der Waals surface area contributed by atoms with E-state index in [1.165, 1.54) is 6.42 Å². The molecule has 0 aromatic carbocycles. The highest BCUT2D eigenvalue weighted by Gasteiger charge is 2.36. The first kappa shape index (κ1) is 13.0. The van der Waals surface area contributed by atoms with E-state index in [4.69, 9.17) is 4.74 Å². The number of esters is 1. The molecule has 1 atom stereocenters. The summed E-state index contributed by atoms with van der Waals surface area (Å²) in [5, 5.41) is 0. The van der Waals surface area contributed by atoms with Crippen LogP contribution in [0.5, 0.6) is 0 Å². The molecule has 0 spiro atoms. The van der Waals surface area contributed by atoms with Crippen molar-refractivity contribution in [3.05, 3.63) is 12.2 Å². The molecular formula is C11H18O2S2. The summed E-state index contributed by atoms with van der Waals surface area (Å²) in [4.78, 5) is 11.2. The van der Waals surface area contributed by atoms with E-state index in [2.05, 4.69) is 6.58 Å². The summed E-state index contributed by atoms with van der Waals surface area (Å²) in [5.41, 5.74) is 0.488. The summed E-state index contributed by atoms with van der Waals surface area (Å²) >= 11 is 3.51. The van der Waals surface area contributed by atoms with Crippen molar-refractivity contribution in [2.45, 2.75) is 31.1 Å². The second kappa shape index (κ2) is 5.85. The summed E-state index contributed by atoms with van der Waals surface area (Å²) in [5.74, 6) is 1.71. The third kappa shape index (κ3) is 3.76. The molecule has 86 valence electrons. The molecule has 0 bridgehead atoms. The van der Waals surface area contributed by atoms with Crippen LogP contribution in [0.4, 0.5) is 0 Å². The van der Waals surface area contributed by atoms with Gasteiger partial charge in [0.1, 0.15) is 0 Å². The topological polar surface area (TPSA) is 26.3 Å². The number of carbonyl (C=O) groups excluding carboxylic acids is 1. The summed E-state index contributed by atoms with van der Waals surface area (Å²) in [7, 11) is 0. The fourth-order valence-electron chi connectivity index (χ4n) is 1.53. The SMILES string of the molecule is C=C(C)C(=O)OC1(CSC)CCCCS1. The van der Waals surface area contributed by atoms with E-state index in [9.17, 15) is 4.79 Å². The van der Waals surface area contributed by atoms with Gasteiger partial charge in [0.2, 0.25) is 0 Å². The van der Waals surface area contributed by atoms with E-state index in [0.717, 1.165) is 24.3 Å². The average molecular weight is 246 g/mol. The molecule has 1 heterocycles. The molecule has 1 aliphatic rings. The van der Waals surface area contributed by atoms with Crippen molar-refractivity contribution in [3.63, 3.8) is 0 Å². The van der Waals surface area contributed by atoms with Gasteiger partial charge in [-0.25, -0.2) is 4.79 Å². The fourth-order valence-corrected chi connectivity index (χ4v) is 4.00. The number of rotatable bonds is 4. The number of hydrogen-bond acceptors (Lipinski definition) is 4. The highest BCUT2D eigenvalue weighted by atomic mass is 32.2. The van der Waals surface area contributed by atoms with E-state index >= 15 is 0 Å². The van der Waals surface area contributed by atoms with Crippen LogP contribution >= 0.6 is 23.5 Å². The number of ether oxygens (including phenoxy) is 1. The molecule has 0 N–H and O–H groups in total. The van der Waals surface area contributed by atoms with Crippen molar-refractivity contribution in [1.29, 1.82) is 0 Å². The van der Waals surface area contributed by atoms with Gasteiger partial charge in [0, 0.05) is 11.3 Å². The molecule has 1 aliphatic heterocycles. The lowest BCUT2D eigenvalue weighted by atomic mass is 10.1. The monoisotopic (exact) mass is 246 g/mol. The Bertz CT molecular complexity index is 239. The van der Waals surface area contributed by atoms with Crippen LogP contribution in [0.2, 0.25) is 0 Å². The lowest BCUT2D eigenvalue weighted by molar-refractivity contribution is -0.145. The Morgan fingerprint density at radius 2 is 2.33 bits per heavy atom. The zero-order valence-electron chi connectivity index (χ0n) is 9.38. The molecule has 2 nitrogen and oxygen atoms in total. The minimum Gasteiger partial charge on any atom is -0.444 e. The van der Waals surface area contributed by atoms with Gasteiger partial charge in [-0.05, 0) is 38.2 Å². The fraction of sp³-hybridized carbons (Fsp3) is 0.727. The normalized spacial score (nSPS) is 26.0. The van der Waals surface area contributed by atoms with Gasteiger partial charge in [0.25, 0.3) is 0 Å². The zero-order valence-corrected chi connectivity index (χ0v) is 11.0. The lowest BCUT2D eigenvalue weighted by Gasteiger charge is -2.35. The second-order valence-corrected chi connectivity index (χ2v) is 6.13. The molecule has 0 amide bonds. The maximum Gasteiger partial charge on any atom is 0.334 e. The van der Waals surface area contributed by atoms with Gasteiger partial charge in [0.15, 0.2) is 4.93 Å². The minimum absolute atomic E-state index is 0.251. The Balaban J connectivity index is 2.63. The zero-order chi connectivity index (χ0) is 11.3. The minimum atomic E-state index is -0.298. The Hall–Kier alpha value is -0.0900. The predicted molar refractivity (Wildman–Crippen MR) is 68.3 cm³/mol. The molecule has 1 saturated heterocycles. The average Bonchev–Trinajstić information content (AvgIpc) is 2.19. The van der Waals surface area contributed by atoms with Gasteiger partial charge in [-0.15, -0.1) is 11.8 Å². The van der Waals surface area contributed by atoms with Crippen molar-refractivity contribution in [1.82, 2.24) is 0 Å². The van der Waals surface area contributed by atoms with Crippen molar-refractivity contribution >= 4 is 29.5 Å². The van der Waals surface area contributed by atoms with Crippen LogP contribution in [-0.2, 0) is 9.53 Å². The largest absolute Gasteiger partial charge is 0.444 e. The van der Waals surface area contributed by atoms with Crippen LogP contribution in [0, 0.1) is 0 Å². The predicted octanol–water partition coefficient (Wildman–Crippen LogP) is 3.08. The third-order valence-corrected chi connectivity index (χ3v) is 4.70. The lowest BCUT2D eigenvalue weighted by Crippen LogP contribution is -2.37. The highest BCUT2D eigenvalue weighted by molar-refractivity contribution is 8.03. The van der Waals surface area contributed by atoms with Gasteiger partial charge in [-0.3, -0.25) is 0 Å². The molecule has 0 saturated carbocycles. The van der Waals surface area contributed by atoms with Crippen LogP contribution in [-0.4, -0.2) is 28.7 Å². The van der Waals surface area contributed by atoms with Crippen molar-refractivity contribution in [2.75, 3.05) is 17.8 Å². The van der Waals surface area contributed by atoms with Crippen LogP contribution in [0.3, 0.4) is 0 Å². The molecule has 0 aliphatic carbocycles. The first-order valence-corrected chi connectivity index (χ1v) is 7.49. The standard InChI is InChI=1S/C11H18O2S2/c1-9(2)10(12)13-11(8-14-3)6-4-5-7-15-11/h1,4-8H2,2-3H3. The van der Waals surface area contributed by atoms with Crippen LogP contribution in [0.25, 0.3) is 0 Å². The van der Waals surface area contributed by atoms with Gasteiger partial charge in [0.05, 0.1) is 0 Å². The molecule has 1 unspecified atom stereocenters. The maximum atomic E-state index is 11.5. The van der Waals surface area contributed by atoms with Gasteiger partial charge >= 0.3 is 5.97 Å². The van der Waals surface area contributed by atoms with E-state index in [1.807, 2.05) is 6.26 Å². The van der Waals surface area contributed by atoms with Gasteiger partial charge < -0.3 is 4.74 Å². The first-order valence-electron chi connectivity index (χ1n) is 5.11. The Morgan fingerprint density at radius 1 is 1.60 bits per heavy atom. The van der Waals surface area contributed by atoms with Crippen LogP contribution in [0.1, 0.15) is 26.2 Å². The van der Waals surface area contributed by atoms with Crippen molar-refractivity contribution in [2.24, 2.45) is 0 Å². The Kier molecular flexibility index (Phi) is 5.06. The summed E-state index contributed by atoms with van der Waals surface area (Å²) in [6.07, 6.45) is 5.39. The van der Waals surface area contributed by atoms with Crippen LogP contribution < -0.4 is 0 Å². The van der Waals surface area contributed by atoms with Gasteiger partial charge in [-0.1, -0.05) is 6.58 Å². The third-order valence-electron chi connectivity index (χ3n) is 2.31. The smallest absolute Gasteiger partial charge is 0.334 e. The highest BCUT2D eigenvalue weighted by Crippen LogP contribution is 2.40. The van der Waals surface area contributed by atoms with E-state index in [-0.39, 0.29) is 10.9 Å². The van der Waals surface area contributed by atoms with Crippen LogP contribution in [0.15, 0.2) is 12.2 Å². The summed E-state index contributed by atoms with van der Waals surface area (Å²) in [6.45, 7) is 5.32. The Morgan fingerprint density at radius 3 is 2.80 bits per heavy atom. The van der Waals surface area contributed by atoms with E-state index < -0.39 is 0 Å². The number of thioether (sulfide) groups is 2. The van der Waals surface area contributed by atoms with Crippen molar-refractivity contribution in [3.8, 4) is 0 Å². The Labute approximate surface area is 100 Å². The molecule has 1 fully saturated rings. The molecule has 0 aromatic heterocycles. The number of carbonyl (C=O) groups is 1. The summed E-state index contributed by atoms with van der Waals surface area (Å²) < 4.78 is 5.58. The van der Waals surface area contributed by atoms with Crippen molar-refractivity contribution < 1.29 is 9.53 Å². The van der Waals surface area contributed by atoms with E-state index in [0.29, 0.717) is 5.57 Å². The molecule has 1 rings (SSSR count). The first-order chi connectivity index (χ1) is 7.09. The molecule has 4 heteroatoms. The molecule has 0 radical (unpaired) electrons. The number of hydrogen-bond donors (Lipinski definition) is 0. The maximum absolute atomic E-state index is 11.5. The quantitative estimate of drug-likeness (QED) is 0.562. The molecular weight excluding hydrogens is 228 g/mol. The second-order valence-electron chi connectivity index (χ2n) is 3.82. The molecule has 15 heavy (non-hydrogen) atoms.